The van der Waals surface area contributed by atoms with Crippen LogP contribution in [0.15, 0.2) is 24.4 Å². The molecule has 2 N–H and O–H groups in total. The van der Waals surface area contributed by atoms with E-state index in [-0.39, 0.29) is 6.54 Å². The molecule has 1 unspecified atom stereocenters. The zero-order valence-corrected chi connectivity index (χ0v) is 16.6. The van der Waals surface area contributed by atoms with Gasteiger partial charge in [-0.05, 0) is 39.0 Å². The first-order valence-corrected chi connectivity index (χ1v) is 9.80. The quantitative estimate of drug-likeness (QED) is 0.693. The van der Waals surface area contributed by atoms with Crippen LogP contribution in [0.4, 0.5) is 0 Å². The molecule has 0 bridgehead atoms. The summed E-state index contributed by atoms with van der Waals surface area (Å²) in [5.74, 6) is -0.403. The van der Waals surface area contributed by atoms with E-state index >= 15 is 0 Å². The molecule has 11 heteroatoms. The van der Waals surface area contributed by atoms with Crippen molar-refractivity contribution < 1.29 is 17.8 Å². The summed E-state index contributed by atoms with van der Waals surface area (Å²) in [5, 5.41) is 10.3. The second-order valence-corrected chi connectivity index (χ2v) is 9.10. The number of carbonyl (C=O) groups is 1. The normalized spacial score (nSPS) is 13.5. The van der Waals surface area contributed by atoms with Crippen molar-refractivity contribution in [2.45, 2.75) is 38.1 Å². The second-order valence-electron chi connectivity index (χ2n) is 6.39. The van der Waals surface area contributed by atoms with Gasteiger partial charge in [-0.3, -0.25) is 14.0 Å². The minimum absolute atomic E-state index is 0.0697. The Bertz CT molecular complexity index is 907. The zero-order valence-electron chi connectivity index (χ0n) is 14.3. The lowest BCUT2D eigenvalue weighted by atomic mass is 10.0. The molecular weight excluding hydrogens is 403 g/mol. The molecule has 1 heterocycles. The molecule has 1 aromatic carbocycles. The maximum Gasteiger partial charge on any atom is 0.269 e. The molecule has 2 aromatic rings. The van der Waals surface area contributed by atoms with Gasteiger partial charge in [0.05, 0.1) is 18.3 Å². The average molecular weight is 421 g/mol. The van der Waals surface area contributed by atoms with E-state index in [1.807, 2.05) is 0 Å². The Morgan fingerprint density at radius 3 is 2.42 bits per heavy atom. The van der Waals surface area contributed by atoms with Gasteiger partial charge in [0.2, 0.25) is 0 Å². The smallest absolute Gasteiger partial charge is 0.269 e. The molecular formula is C15H18Cl2N4O4S. The fourth-order valence-corrected chi connectivity index (χ4v) is 3.00. The predicted molar refractivity (Wildman–Crippen MR) is 98.0 cm³/mol. The maximum absolute atomic E-state index is 12.5. The van der Waals surface area contributed by atoms with Crippen molar-refractivity contribution in [1.29, 1.82) is 0 Å². The summed E-state index contributed by atoms with van der Waals surface area (Å²) in [4.78, 5) is 12.5. The Labute approximate surface area is 161 Å². The lowest BCUT2D eigenvalue weighted by Gasteiger charge is -2.23. The average Bonchev–Trinajstić information content (AvgIpc) is 2.94. The molecule has 0 fully saturated rings. The third-order valence-corrected chi connectivity index (χ3v) is 5.28. The summed E-state index contributed by atoms with van der Waals surface area (Å²) in [6.45, 7) is 4.72. The highest BCUT2D eigenvalue weighted by molar-refractivity contribution is 7.86. The minimum atomic E-state index is -4.17. The van der Waals surface area contributed by atoms with Crippen molar-refractivity contribution in [2.24, 2.45) is 0 Å². The van der Waals surface area contributed by atoms with Gasteiger partial charge in [0, 0.05) is 15.6 Å². The predicted octanol–water partition coefficient (Wildman–Crippen LogP) is 2.53. The van der Waals surface area contributed by atoms with Crippen molar-refractivity contribution in [3.05, 3.63) is 45.7 Å². The van der Waals surface area contributed by atoms with Crippen LogP contribution < -0.4 is 5.32 Å². The van der Waals surface area contributed by atoms with Crippen LogP contribution in [0.3, 0.4) is 0 Å². The Hall–Kier alpha value is -1.68. The van der Waals surface area contributed by atoms with Crippen LogP contribution in [-0.4, -0.2) is 39.1 Å². The van der Waals surface area contributed by atoms with E-state index in [1.54, 1.807) is 13.8 Å². The van der Waals surface area contributed by atoms with E-state index in [1.165, 1.54) is 36.0 Å². The third-order valence-electron chi connectivity index (χ3n) is 3.68. The lowest BCUT2D eigenvalue weighted by molar-refractivity contribution is 0.0910. The summed E-state index contributed by atoms with van der Waals surface area (Å²) >= 11 is 11.8. The first-order chi connectivity index (χ1) is 11.9. The molecule has 0 saturated carbocycles. The molecule has 0 spiro atoms. The molecule has 1 atom stereocenters. The van der Waals surface area contributed by atoms with E-state index in [4.69, 9.17) is 27.8 Å². The maximum atomic E-state index is 12.5. The number of carbonyl (C=O) groups excluding carboxylic acids is 1. The minimum Gasteiger partial charge on any atom is -0.341 e. The van der Waals surface area contributed by atoms with Crippen LogP contribution in [0.25, 0.3) is 0 Å². The fraction of sp³-hybridized carbons (Fsp3) is 0.400. The Morgan fingerprint density at radius 2 is 1.88 bits per heavy atom. The van der Waals surface area contributed by atoms with E-state index in [0.29, 0.717) is 21.3 Å². The number of halogens is 2. The van der Waals surface area contributed by atoms with Gasteiger partial charge in [-0.1, -0.05) is 28.4 Å². The lowest BCUT2D eigenvalue weighted by Crippen LogP contribution is -2.41. The van der Waals surface area contributed by atoms with Crippen LogP contribution in [0.1, 0.15) is 36.8 Å². The number of hydrogen-bond donors (Lipinski definition) is 2. The second kappa shape index (κ2) is 7.51. The van der Waals surface area contributed by atoms with E-state index < -0.39 is 26.8 Å². The van der Waals surface area contributed by atoms with Crippen molar-refractivity contribution in [2.75, 3.05) is 0 Å². The molecule has 0 radical (unpaired) electrons. The van der Waals surface area contributed by atoms with Gasteiger partial charge in [-0.2, -0.15) is 8.42 Å². The molecule has 26 heavy (non-hydrogen) atoms. The first kappa shape index (κ1) is 20.6. The van der Waals surface area contributed by atoms with Crippen molar-refractivity contribution in [1.82, 2.24) is 20.3 Å². The van der Waals surface area contributed by atoms with Gasteiger partial charge in [0.25, 0.3) is 16.0 Å². The van der Waals surface area contributed by atoms with Crippen molar-refractivity contribution in [3.8, 4) is 0 Å². The standard InChI is InChI=1S/C15H18Cl2N4O4S/c1-9(26(23,24)25)7-21-8-13(19-20-21)15(2,3)18-14(22)10-4-11(16)6-12(17)5-10/h4-6,8-9H,7H2,1-3H3,(H,18,22)(H,23,24,25). The largest absolute Gasteiger partial charge is 0.341 e. The summed E-state index contributed by atoms with van der Waals surface area (Å²) in [5.41, 5.74) is -0.185. The third kappa shape index (κ3) is 5.16. The summed E-state index contributed by atoms with van der Waals surface area (Å²) < 4.78 is 32.5. The van der Waals surface area contributed by atoms with Crippen molar-refractivity contribution >= 4 is 39.2 Å². The number of hydrogen-bond acceptors (Lipinski definition) is 5. The van der Waals surface area contributed by atoms with Crippen LogP contribution in [0.5, 0.6) is 0 Å². The van der Waals surface area contributed by atoms with E-state index in [9.17, 15) is 13.2 Å². The number of nitrogens with one attached hydrogen (secondary N) is 1. The van der Waals surface area contributed by atoms with E-state index in [0.717, 1.165) is 0 Å². The summed E-state index contributed by atoms with van der Waals surface area (Å²) in [6, 6.07) is 4.50. The fourth-order valence-electron chi connectivity index (χ4n) is 2.14. The molecule has 1 amide bonds. The summed E-state index contributed by atoms with van der Waals surface area (Å²) in [7, 11) is -4.17. The first-order valence-electron chi connectivity index (χ1n) is 7.54. The molecule has 1 aromatic heterocycles. The van der Waals surface area contributed by atoms with Crippen LogP contribution in [0, 0.1) is 0 Å². The van der Waals surface area contributed by atoms with Crippen LogP contribution >= 0.6 is 23.2 Å². The highest BCUT2D eigenvalue weighted by Crippen LogP contribution is 2.22. The molecule has 0 aliphatic carbocycles. The number of nitrogens with zero attached hydrogens (tertiary/aromatic N) is 3. The molecule has 142 valence electrons. The van der Waals surface area contributed by atoms with Gasteiger partial charge >= 0.3 is 0 Å². The van der Waals surface area contributed by atoms with Crippen LogP contribution in [-0.2, 0) is 22.2 Å². The van der Waals surface area contributed by atoms with Gasteiger partial charge < -0.3 is 5.32 Å². The Kier molecular flexibility index (Phi) is 5.96. The molecule has 2 rings (SSSR count). The van der Waals surface area contributed by atoms with E-state index in [2.05, 4.69) is 15.6 Å². The van der Waals surface area contributed by atoms with Gasteiger partial charge in [-0.15, -0.1) is 5.10 Å². The number of rotatable bonds is 6. The number of benzene rings is 1. The molecule has 0 saturated heterocycles. The molecule has 0 aliphatic rings. The van der Waals surface area contributed by atoms with Gasteiger partial charge in [-0.25, -0.2) is 0 Å². The summed E-state index contributed by atoms with van der Waals surface area (Å²) in [6.07, 6.45) is 1.51. The Morgan fingerprint density at radius 1 is 1.31 bits per heavy atom. The number of aromatic nitrogens is 3. The van der Waals surface area contributed by atoms with Gasteiger partial charge in [0.15, 0.2) is 0 Å². The molecule has 0 aliphatic heterocycles. The zero-order chi connectivity index (χ0) is 19.7. The van der Waals surface area contributed by atoms with Crippen LogP contribution in [0.2, 0.25) is 10.0 Å². The van der Waals surface area contributed by atoms with Gasteiger partial charge in [0.1, 0.15) is 10.9 Å². The number of amides is 1. The topological polar surface area (TPSA) is 114 Å². The highest BCUT2D eigenvalue weighted by Gasteiger charge is 2.28. The van der Waals surface area contributed by atoms with Crippen molar-refractivity contribution in [3.63, 3.8) is 0 Å². The Balaban J connectivity index is 2.16. The SMILES string of the molecule is CC(Cn1cc(C(C)(C)NC(=O)c2cc(Cl)cc(Cl)c2)nn1)S(=O)(=O)O. The highest BCUT2D eigenvalue weighted by atomic mass is 35.5. The molecule has 8 nitrogen and oxygen atoms in total. The monoisotopic (exact) mass is 420 g/mol.